The first-order chi connectivity index (χ1) is 12.2. The summed E-state index contributed by atoms with van der Waals surface area (Å²) in [4.78, 5) is 18.2. The van der Waals surface area contributed by atoms with E-state index in [-0.39, 0.29) is 17.4 Å². The Morgan fingerprint density at radius 1 is 1.16 bits per heavy atom. The second kappa shape index (κ2) is 6.76. The van der Waals surface area contributed by atoms with Gasteiger partial charge < -0.3 is 0 Å². The van der Waals surface area contributed by atoms with E-state index in [1.54, 1.807) is 30.5 Å². The average molecular weight is 356 g/mol. The van der Waals surface area contributed by atoms with E-state index in [1.165, 1.54) is 39.8 Å². The van der Waals surface area contributed by atoms with Crippen LogP contribution in [0.5, 0.6) is 0 Å². The normalized spacial score (nSPS) is 14.0. The van der Waals surface area contributed by atoms with Crippen LogP contribution in [0.2, 0.25) is 0 Å². The number of halogens is 1. The lowest BCUT2D eigenvalue weighted by molar-refractivity contribution is 0.102. The van der Waals surface area contributed by atoms with Gasteiger partial charge in [0.05, 0.1) is 5.69 Å². The number of rotatable bonds is 3. The van der Waals surface area contributed by atoms with Crippen molar-refractivity contribution in [2.24, 2.45) is 0 Å². The smallest absolute Gasteiger partial charge is 0.277 e. The zero-order valence-electron chi connectivity index (χ0n) is 13.5. The van der Waals surface area contributed by atoms with Gasteiger partial charge in [0.2, 0.25) is 0 Å². The molecule has 128 valence electrons. The highest BCUT2D eigenvalue weighted by Gasteiger charge is 2.17. The topological polar surface area (TPSA) is 59.8 Å². The Hall–Kier alpha value is -2.54. The van der Waals surface area contributed by atoms with Gasteiger partial charge in [0, 0.05) is 11.1 Å². The first-order valence-corrected chi connectivity index (χ1v) is 9.13. The lowest BCUT2D eigenvalue weighted by atomic mass is 10.2. The minimum absolute atomic E-state index is 0.230. The summed E-state index contributed by atoms with van der Waals surface area (Å²) in [5.41, 5.74) is 1.64. The van der Waals surface area contributed by atoms with E-state index in [0.29, 0.717) is 10.8 Å². The van der Waals surface area contributed by atoms with Gasteiger partial charge >= 0.3 is 0 Å². The van der Waals surface area contributed by atoms with Crippen LogP contribution in [0.25, 0.3) is 5.69 Å². The Labute approximate surface area is 148 Å². The molecule has 5 nitrogen and oxygen atoms in total. The molecule has 3 aromatic rings. The third-order valence-corrected chi connectivity index (χ3v) is 5.31. The number of thiazole rings is 1. The second-order valence-corrected chi connectivity index (χ2v) is 7.08. The Bertz CT molecular complexity index is 894. The highest BCUT2D eigenvalue weighted by Crippen LogP contribution is 2.29. The fourth-order valence-electron chi connectivity index (χ4n) is 2.96. The Morgan fingerprint density at radius 2 is 2.00 bits per heavy atom. The molecule has 4 rings (SSSR count). The van der Waals surface area contributed by atoms with Crippen LogP contribution in [0.15, 0.2) is 36.5 Å². The lowest BCUT2D eigenvalue weighted by Gasteiger charge is -2.02. The van der Waals surface area contributed by atoms with Crippen LogP contribution in [0.4, 0.5) is 9.52 Å². The molecule has 1 N–H and O–H groups in total. The van der Waals surface area contributed by atoms with Crippen molar-refractivity contribution in [3.8, 4) is 5.69 Å². The number of fused-ring (bicyclic) bond motifs is 1. The summed E-state index contributed by atoms with van der Waals surface area (Å²) in [6.07, 6.45) is 7.14. The summed E-state index contributed by atoms with van der Waals surface area (Å²) in [5, 5.41) is 7.60. The predicted molar refractivity (Wildman–Crippen MR) is 94.8 cm³/mol. The number of carbonyl (C=O) groups excluding carboxylic acids is 1. The van der Waals surface area contributed by atoms with Crippen LogP contribution >= 0.6 is 11.3 Å². The molecule has 1 amide bonds. The molecule has 1 aliphatic carbocycles. The maximum Gasteiger partial charge on any atom is 0.277 e. The molecule has 25 heavy (non-hydrogen) atoms. The van der Waals surface area contributed by atoms with Gasteiger partial charge in [-0.15, -0.1) is 11.3 Å². The summed E-state index contributed by atoms with van der Waals surface area (Å²) in [7, 11) is 0. The first-order valence-electron chi connectivity index (χ1n) is 8.31. The van der Waals surface area contributed by atoms with Crippen LogP contribution in [0, 0.1) is 5.82 Å². The van der Waals surface area contributed by atoms with E-state index in [2.05, 4.69) is 15.4 Å². The Kier molecular flexibility index (Phi) is 4.31. The van der Waals surface area contributed by atoms with E-state index >= 15 is 0 Å². The number of hydrogen-bond acceptors (Lipinski definition) is 4. The zero-order valence-corrected chi connectivity index (χ0v) is 14.4. The molecule has 0 spiro atoms. The summed E-state index contributed by atoms with van der Waals surface area (Å²) in [6, 6.07) is 7.88. The fourth-order valence-corrected chi connectivity index (χ4v) is 4.01. The van der Waals surface area contributed by atoms with Crippen molar-refractivity contribution in [3.05, 3.63) is 58.6 Å². The fraction of sp³-hybridized carbons (Fsp3) is 0.278. The Morgan fingerprint density at radius 3 is 2.88 bits per heavy atom. The highest BCUT2D eigenvalue weighted by atomic mass is 32.1. The largest absolute Gasteiger partial charge is 0.296 e. The maximum atomic E-state index is 13.8. The van der Waals surface area contributed by atoms with E-state index in [1.807, 2.05) is 0 Å². The molecule has 7 heteroatoms. The van der Waals surface area contributed by atoms with Crippen LogP contribution in [0.1, 0.15) is 40.3 Å². The molecule has 0 radical (unpaired) electrons. The third-order valence-electron chi connectivity index (χ3n) is 4.24. The number of amides is 1. The van der Waals surface area contributed by atoms with Crippen molar-refractivity contribution in [2.75, 3.05) is 5.32 Å². The number of benzene rings is 1. The van der Waals surface area contributed by atoms with Gasteiger partial charge in [0.15, 0.2) is 10.8 Å². The molecule has 0 bridgehead atoms. The molecular weight excluding hydrogens is 339 g/mol. The summed E-state index contributed by atoms with van der Waals surface area (Å²) < 4.78 is 15.2. The monoisotopic (exact) mass is 356 g/mol. The van der Waals surface area contributed by atoms with Crippen LogP contribution in [-0.4, -0.2) is 20.7 Å². The molecule has 0 saturated heterocycles. The van der Waals surface area contributed by atoms with Crippen molar-refractivity contribution in [3.63, 3.8) is 0 Å². The van der Waals surface area contributed by atoms with E-state index in [4.69, 9.17) is 0 Å². The van der Waals surface area contributed by atoms with Crippen molar-refractivity contribution >= 4 is 22.4 Å². The van der Waals surface area contributed by atoms with Crippen molar-refractivity contribution in [1.29, 1.82) is 0 Å². The molecule has 0 aliphatic heterocycles. The summed E-state index contributed by atoms with van der Waals surface area (Å²) in [5.74, 6) is -0.722. The number of nitrogens with one attached hydrogen (secondary N) is 1. The molecule has 2 heterocycles. The zero-order chi connectivity index (χ0) is 17.2. The standard InChI is InChI=1S/C18H17FN4OS/c19-12-6-4-5-8-15(12)23-11-10-14(22-23)17(24)21-18-20-13-7-2-1-3-9-16(13)25-18/h4-6,8,10-11H,1-3,7,9H2,(H,20,21,24). The van der Waals surface area contributed by atoms with Crippen molar-refractivity contribution in [2.45, 2.75) is 32.1 Å². The van der Waals surface area contributed by atoms with E-state index in [0.717, 1.165) is 25.0 Å². The molecule has 0 unspecified atom stereocenters. The van der Waals surface area contributed by atoms with Gasteiger partial charge in [-0.05, 0) is 43.9 Å². The maximum absolute atomic E-state index is 13.8. The molecule has 1 aliphatic rings. The lowest BCUT2D eigenvalue weighted by Crippen LogP contribution is -2.13. The van der Waals surface area contributed by atoms with E-state index < -0.39 is 0 Å². The number of aromatic nitrogens is 3. The molecule has 0 fully saturated rings. The van der Waals surface area contributed by atoms with Crippen LogP contribution in [-0.2, 0) is 12.8 Å². The Balaban J connectivity index is 1.51. The van der Waals surface area contributed by atoms with Crippen LogP contribution in [0.3, 0.4) is 0 Å². The number of carbonyl (C=O) groups is 1. The molecule has 0 atom stereocenters. The number of hydrogen-bond donors (Lipinski definition) is 1. The highest BCUT2D eigenvalue weighted by molar-refractivity contribution is 7.15. The second-order valence-electron chi connectivity index (χ2n) is 6.00. The number of aryl methyl sites for hydroxylation is 2. The van der Waals surface area contributed by atoms with Crippen molar-refractivity contribution in [1.82, 2.24) is 14.8 Å². The van der Waals surface area contributed by atoms with Gasteiger partial charge in [-0.1, -0.05) is 18.6 Å². The molecular formula is C18H17FN4OS. The SMILES string of the molecule is O=C(Nc1nc2c(s1)CCCCC2)c1ccn(-c2ccccc2F)n1. The van der Waals surface area contributed by atoms with Gasteiger partial charge in [0.25, 0.3) is 5.91 Å². The first kappa shape index (κ1) is 16.0. The van der Waals surface area contributed by atoms with Gasteiger partial charge in [-0.2, -0.15) is 5.10 Å². The predicted octanol–water partition coefficient (Wildman–Crippen LogP) is 3.99. The molecule has 2 aromatic heterocycles. The van der Waals surface area contributed by atoms with E-state index in [9.17, 15) is 9.18 Å². The molecule has 1 aromatic carbocycles. The molecule has 0 saturated carbocycles. The van der Waals surface area contributed by atoms with Gasteiger partial charge in [0.1, 0.15) is 11.5 Å². The van der Waals surface area contributed by atoms with Gasteiger partial charge in [-0.25, -0.2) is 14.1 Å². The number of anilines is 1. The van der Waals surface area contributed by atoms with Crippen LogP contribution < -0.4 is 5.32 Å². The van der Waals surface area contributed by atoms with Gasteiger partial charge in [-0.3, -0.25) is 10.1 Å². The summed E-state index contributed by atoms with van der Waals surface area (Å²) >= 11 is 1.54. The summed E-state index contributed by atoms with van der Waals surface area (Å²) in [6.45, 7) is 0. The van der Waals surface area contributed by atoms with Crippen molar-refractivity contribution < 1.29 is 9.18 Å². The third kappa shape index (κ3) is 3.32. The quantitative estimate of drug-likeness (QED) is 0.722. The minimum atomic E-state index is -0.388. The minimum Gasteiger partial charge on any atom is -0.296 e. The number of para-hydroxylation sites is 1. The average Bonchev–Trinajstić information content (AvgIpc) is 3.18. The number of nitrogens with zero attached hydrogens (tertiary/aromatic N) is 3.